The van der Waals surface area contributed by atoms with E-state index in [0.29, 0.717) is 35.1 Å². The molecule has 0 spiro atoms. The number of carbonyl (C=O) groups excluding carboxylic acids is 1. The number of aryl methyl sites for hydroxylation is 1. The second-order valence-electron chi connectivity index (χ2n) is 7.18. The highest BCUT2D eigenvalue weighted by molar-refractivity contribution is 6.34. The summed E-state index contributed by atoms with van der Waals surface area (Å²) in [5.74, 6) is 0.943. The van der Waals surface area contributed by atoms with Crippen LogP contribution in [0.5, 0.6) is 11.5 Å². The summed E-state index contributed by atoms with van der Waals surface area (Å²) in [7, 11) is 3.08. The van der Waals surface area contributed by atoms with Crippen LogP contribution in [0.4, 0.5) is 5.69 Å². The summed E-state index contributed by atoms with van der Waals surface area (Å²) in [6.45, 7) is 6.55. The third-order valence-electron chi connectivity index (χ3n) is 4.21. The van der Waals surface area contributed by atoms with Crippen molar-refractivity contribution in [2.24, 2.45) is 0 Å². The number of ether oxygens (including phenoxy) is 2. The van der Waals surface area contributed by atoms with Crippen molar-refractivity contribution in [3.63, 3.8) is 0 Å². The number of rotatable bonds is 6. The summed E-state index contributed by atoms with van der Waals surface area (Å²) >= 11 is 6.21. The maximum Gasteiger partial charge on any atom is 0.224 e. The Morgan fingerprint density at radius 2 is 1.62 bits per heavy atom. The van der Waals surface area contributed by atoms with Gasteiger partial charge in [0.15, 0.2) is 11.5 Å². The molecule has 0 aliphatic carbocycles. The number of carbonyl (C=O) groups is 1. The predicted molar refractivity (Wildman–Crippen MR) is 107 cm³/mol. The fourth-order valence-corrected chi connectivity index (χ4v) is 2.79. The van der Waals surface area contributed by atoms with Gasteiger partial charge in [-0.15, -0.1) is 0 Å². The summed E-state index contributed by atoms with van der Waals surface area (Å²) in [6.07, 6.45) is 1.04. The van der Waals surface area contributed by atoms with Crippen LogP contribution in [0.15, 0.2) is 36.4 Å². The molecule has 0 unspecified atom stereocenters. The van der Waals surface area contributed by atoms with Gasteiger partial charge in [0.2, 0.25) is 5.91 Å². The molecule has 2 aromatic rings. The summed E-state index contributed by atoms with van der Waals surface area (Å²) in [5.41, 5.74) is 3.05. The predicted octanol–water partition coefficient (Wildman–Crippen LogP) is 5.23. The topological polar surface area (TPSA) is 47.6 Å². The first-order valence-electron chi connectivity index (χ1n) is 8.55. The normalized spacial score (nSPS) is 11.2. The third-order valence-corrected chi connectivity index (χ3v) is 4.52. The number of methoxy groups -OCH3 is 2. The van der Waals surface area contributed by atoms with Crippen LogP contribution in [-0.4, -0.2) is 20.1 Å². The number of hydrogen-bond acceptors (Lipinski definition) is 3. The zero-order chi connectivity index (χ0) is 19.3. The fraction of sp³-hybridized carbons (Fsp3) is 0.381. The van der Waals surface area contributed by atoms with Gasteiger partial charge in [-0.2, -0.15) is 0 Å². The second kappa shape index (κ2) is 8.45. The monoisotopic (exact) mass is 375 g/mol. The molecule has 2 rings (SSSR count). The molecule has 0 aliphatic rings. The zero-order valence-corrected chi connectivity index (χ0v) is 16.7. The van der Waals surface area contributed by atoms with Crippen LogP contribution >= 0.6 is 11.6 Å². The van der Waals surface area contributed by atoms with Crippen molar-refractivity contribution in [2.45, 2.75) is 39.0 Å². The van der Waals surface area contributed by atoms with Crippen LogP contribution in [0.25, 0.3) is 0 Å². The number of hydrogen-bond donors (Lipinski definition) is 1. The average molecular weight is 376 g/mol. The molecule has 0 saturated carbocycles. The Balaban J connectivity index is 1.99. The van der Waals surface area contributed by atoms with Gasteiger partial charge in [0.1, 0.15) is 0 Å². The highest BCUT2D eigenvalue weighted by Crippen LogP contribution is 2.36. The Morgan fingerprint density at radius 3 is 2.15 bits per heavy atom. The minimum Gasteiger partial charge on any atom is -0.493 e. The van der Waals surface area contributed by atoms with E-state index in [2.05, 4.69) is 50.4 Å². The van der Waals surface area contributed by atoms with Crippen molar-refractivity contribution in [3.05, 3.63) is 52.5 Å². The Morgan fingerprint density at radius 1 is 1.04 bits per heavy atom. The Hall–Kier alpha value is -2.20. The van der Waals surface area contributed by atoms with E-state index >= 15 is 0 Å². The van der Waals surface area contributed by atoms with Crippen molar-refractivity contribution in [2.75, 3.05) is 19.5 Å². The third kappa shape index (κ3) is 5.15. The van der Waals surface area contributed by atoms with Gasteiger partial charge < -0.3 is 14.8 Å². The standard InChI is InChI=1S/C21H26ClNO3/c1-21(2,3)15-9-6-14(7-10-15)8-11-20(24)23-17-13-19(26-5)18(25-4)12-16(17)22/h6-7,9-10,12-13H,8,11H2,1-5H3,(H,23,24). The molecule has 5 heteroatoms. The van der Waals surface area contributed by atoms with E-state index in [9.17, 15) is 4.79 Å². The van der Waals surface area contributed by atoms with Crippen LogP contribution in [0.2, 0.25) is 5.02 Å². The van der Waals surface area contributed by atoms with Gasteiger partial charge in [-0.25, -0.2) is 0 Å². The maximum atomic E-state index is 12.3. The molecular weight excluding hydrogens is 350 g/mol. The van der Waals surface area contributed by atoms with Crippen LogP contribution in [-0.2, 0) is 16.6 Å². The molecule has 140 valence electrons. The molecule has 0 atom stereocenters. The maximum absolute atomic E-state index is 12.3. The van der Waals surface area contributed by atoms with E-state index in [-0.39, 0.29) is 11.3 Å². The molecule has 0 bridgehead atoms. The molecule has 26 heavy (non-hydrogen) atoms. The largest absolute Gasteiger partial charge is 0.493 e. The van der Waals surface area contributed by atoms with Crippen LogP contribution in [0.1, 0.15) is 38.3 Å². The lowest BCUT2D eigenvalue weighted by Crippen LogP contribution is -2.13. The molecule has 0 fully saturated rings. The summed E-state index contributed by atoms with van der Waals surface area (Å²) in [4.78, 5) is 12.3. The molecule has 1 N–H and O–H groups in total. The molecular formula is C21H26ClNO3. The summed E-state index contributed by atoms with van der Waals surface area (Å²) in [5, 5.41) is 3.24. The lowest BCUT2D eigenvalue weighted by atomic mass is 9.86. The first kappa shape index (κ1) is 20.1. The van der Waals surface area contributed by atoms with Gasteiger partial charge >= 0.3 is 0 Å². The molecule has 2 aromatic carbocycles. The average Bonchev–Trinajstić information content (AvgIpc) is 2.60. The first-order valence-corrected chi connectivity index (χ1v) is 8.93. The molecule has 0 heterocycles. The van der Waals surface area contributed by atoms with E-state index in [4.69, 9.17) is 21.1 Å². The van der Waals surface area contributed by atoms with Gasteiger partial charge in [0.05, 0.1) is 24.9 Å². The SMILES string of the molecule is COc1cc(Cl)c(NC(=O)CCc2ccc(C(C)(C)C)cc2)cc1OC. The zero-order valence-electron chi connectivity index (χ0n) is 16.0. The van der Waals surface area contributed by atoms with E-state index < -0.39 is 0 Å². The van der Waals surface area contributed by atoms with Crippen LogP contribution < -0.4 is 14.8 Å². The number of amides is 1. The minimum atomic E-state index is -0.0981. The van der Waals surface area contributed by atoms with Gasteiger partial charge in [0, 0.05) is 18.6 Å². The molecule has 0 aromatic heterocycles. The Labute approximate surface area is 160 Å². The lowest BCUT2D eigenvalue weighted by molar-refractivity contribution is -0.116. The van der Waals surface area contributed by atoms with Gasteiger partial charge in [-0.3, -0.25) is 4.79 Å². The van der Waals surface area contributed by atoms with Crippen molar-refractivity contribution < 1.29 is 14.3 Å². The van der Waals surface area contributed by atoms with Crippen LogP contribution in [0.3, 0.4) is 0 Å². The smallest absolute Gasteiger partial charge is 0.224 e. The molecule has 0 aliphatic heterocycles. The molecule has 0 radical (unpaired) electrons. The van der Waals surface area contributed by atoms with E-state index in [1.807, 2.05) is 0 Å². The highest BCUT2D eigenvalue weighted by atomic mass is 35.5. The van der Waals surface area contributed by atoms with Crippen molar-refractivity contribution in [1.82, 2.24) is 0 Å². The second-order valence-corrected chi connectivity index (χ2v) is 7.59. The molecule has 1 amide bonds. The lowest BCUT2D eigenvalue weighted by Gasteiger charge is -2.19. The first-order chi connectivity index (χ1) is 12.2. The Kier molecular flexibility index (Phi) is 6.54. The number of anilines is 1. The van der Waals surface area contributed by atoms with E-state index in [1.54, 1.807) is 19.2 Å². The number of halogens is 1. The summed E-state index contributed by atoms with van der Waals surface area (Å²) in [6, 6.07) is 11.7. The Bertz CT molecular complexity index is 764. The van der Waals surface area contributed by atoms with E-state index in [0.717, 1.165) is 5.56 Å². The van der Waals surface area contributed by atoms with Crippen molar-refractivity contribution in [3.8, 4) is 11.5 Å². The van der Waals surface area contributed by atoms with E-state index in [1.165, 1.54) is 12.7 Å². The van der Waals surface area contributed by atoms with Crippen molar-refractivity contribution in [1.29, 1.82) is 0 Å². The van der Waals surface area contributed by atoms with Gasteiger partial charge in [0.25, 0.3) is 0 Å². The number of benzene rings is 2. The van der Waals surface area contributed by atoms with Gasteiger partial charge in [-0.05, 0) is 23.0 Å². The van der Waals surface area contributed by atoms with Gasteiger partial charge in [-0.1, -0.05) is 56.6 Å². The fourth-order valence-electron chi connectivity index (χ4n) is 2.59. The number of nitrogens with one attached hydrogen (secondary N) is 1. The molecule has 0 saturated heterocycles. The summed E-state index contributed by atoms with van der Waals surface area (Å²) < 4.78 is 10.4. The minimum absolute atomic E-state index is 0.0981. The quantitative estimate of drug-likeness (QED) is 0.752. The highest BCUT2D eigenvalue weighted by Gasteiger charge is 2.14. The molecule has 4 nitrogen and oxygen atoms in total. The van der Waals surface area contributed by atoms with Crippen molar-refractivity contribution >= 4 is 23.2 Å². The van der Waals surface area contributed by atoms with Crippen LogP contribution in [0, 0.1) is 0 Å².